The molecule has 198 valence electrons. The van der Waals surface area contributed by atoms with E-state index in [2.05, 4.69) is 39.9 Å². The molecule has 2 aliphatic rings. The molecule has 0 unspecified atom stereocenters. The lowest BCUT2D eigenvalue weighted by Crippen LogP contribution is -2.53. The maximum absolute atomic E-state index is 13.7. The molecule has 0 aromatic heterocycles. The van der Waals surface area contributed by atoms with E-state index in [0.29, 0.717) is 37.3 Å². The van der Waals surface area contributed by atoms with Gasteiger partial charge >= 0.3 is 0 Å². The third-order valence-electron chi connectivity index (χ3n) is 7.29. The van der Waals surface area contributed by atoms with Gasteiger partial charge in [-0.05, 0) is 54.2 Å². The Hall–Kier alpha value is -2.70. The van der Waals surface area contributed by atoms with E-state index < -0.39 is 12.1 Å². The number of amides is 3. The Morgan fingerprint density at radius 1 is 1.00 bits per heavy atom. The van der Waals surface area contributed by atoms with Crippen molar-refractivity contribution in [1.29, 1.82) is 0 Å². The van der Waals surface area contributed by atoms with Crippen LogP contribution >= 0.6 is 0 Å². The molecule has 7 heteroatoms. The quantitative estimate of drug-likeness (QED) is 0.589. The molecular weight excluding hydrogens is 454 g/mol. The summed E-state index contributed by atoms with van der Waals surface area (Å²) in [7, 11) is 0. The third kappa shape index (κ3) is 6.34. The maximum Gasteiger partial charge on any atom is 0.251 e. The van der Waals surface area contributed by atoms with Crippen LogP contribution in [0.15, 0.2) is 24.3 Å². The molecule has 0 saturated carbocycles. The summed E-state index contributed by atoms with van der Waals surface area (Å²) in [5, 5.41) is 2.94. The molecule has 2 fully saturated rings. The number of rotatable bonds is 8. The topological polar surface area (TPSA) is 86.8 Å². The van der Waals surface area contributed by atoms with E-state index in [4.69, 9.17) is 0 Å². The third-order valence-corrected chi connectivity index (χ3v) is 7.29. The van der Waals surface area contributed by atoms with Crippen molar-refractivity contribution in [2.75, 3.05) is 13.1 Å². The Balaban J connectivity index is 1.73. The van der Waals surface area contributed by atoms with Gasteiger partial charge in [-0.3, -0.25) is 19.2 Å². The first-order chi connectivity index (χ1) is 16.8. The van der Waals surface area contributed by atoms with E-state index in [-0.39, 0.29) is 47.4 Å². The smallest absolute Gasteiger partial charge is 0.251 e. The fourth-order valence-corrected chi connectivity index (χ4v) is 5.20. The summed E-state index contributed by atoms with van der Waals surface area (Å²) < 4.78 is 0. The summed E-state index contributed by atoms with van der Waals surface area (Å²) >= 11 is 0. The maximum atomic E-state index is 13.7. The molecule has 2 aliphatic heterocycles. The van der Waals surface area contributed by atoms with Gasteiger partial charge < -0.3 is 15.1 Å². The molecule has 1 aromatic rings. The SMILES string of the molecule is CC(C)CCC(=O)N1CC(=O)[C@@H]2[C@H]1CCN2C(=O)[C@H](CC(C)C)NC(=O)c1ccc(C(C)(C)C)cc1. The van der Waals surface area contributed by atoms with Crippen LogP contribution in [0.1, 0.15) is 90.1 Å². The van der Waals surface area contributed by atoms with Crippen LogP contribution in [0.3, 0.4) is 0 Å². The van der Waals surface area contributed by atoms with Crippen LogP contribution in [0, 0.1) is 11.8 Å². The highest BCUT2D eigenvalue weighted by Gasteiger charge is 2.52. The molecule has 1 aromatic carbocycles. The minimum Gasteiger partial charge on any atom is -0.340 e. The molecule has 0 aliphatic carbocycles. The van der Waals surface area contributed by atoms with Crippen molar-refractivity contribution in [1.82, 2.24) is 15.1 Å². The fraction of sp³-hybridized carbons (Fsp3) is 0.655. The van der Waals surface area contributed by atoms with Crippen LogP contribution in [0.4, 0.5) is 0 Å². The van der Waals surface area contributed by atoms with Crippen molar-refractivity contribution in [2.24, 2.45) is 11.8 Å². The van der Waals surface area contributed by atoms with Gasteiger partial charge in [-0.15, -0.1) is 0 Å². The van der Waals surface area contributed by atoms with Crippen molar-refractivity contribution in [2.45, 2.75) is 97.7 Å². The molecule has 2 saturated heterocycles. The van der Waals surface area contributed by atoms with Gasteiger partial charge in [-0.2, -0.15) is 0 Å². The normalized spacial score (nSPS) is 20.8. The predicted octanol–water partition coefficient (Wildman–Crippen LogP) is 3.95. The van der Waals surface area contributed by atoms with E-state index in [9.17, 15) is 19.2 Å². The second-order valence-corrected chi connectivity index (χ2v) is 12.2. The average molecular weight is 498 g/mol. The standard InChI is InChI=1S/C29H43N3O4/c1-18(2)8-13-25(34)32-17-24(33)26-23(32)14-15-31(26)28(36)22(16-19(3)4)30-27(35)20-9-11-21(12-10-20)29(5,6)7/h9-12,18-19,22-23,26H,8,13-17H2,1-7H3,(H,30,35)/t22-,23+,26-/m0/s1. The van der Waals surface area contributed by atoms with Crippen LogP contribution < -0.4 is 5.32 Å². The summed E-state index contributed by atoms with van der Waals surface area (Å²) in [4.78, 5) is 55.8. The molecule has 0 bridgehead atoms. The number of Topliss-reactive ketones (excluding diaryl/α,β-unsaturated/α-hetero) is 1. The number of nitrogens with one attached hydrogen (secondary N) is 1. The molecule has 3 atom stereocenters. The zero-order chi connectivity index (χ0) is 26.8. The van der Waals surface area contributed by atoms with Gasteiger partial charge in [0.2, 0.25) is 11.8 Å². The van der Waals surface area contributed by atoms with Crippen LogP contribution in [-0.2, 0) is 19.8 Å². The highest BCUT2D eigenvalue weighted by molar-refractivity contribution is 6.00. The van der Waals surface area contributed by atoms with Crippen molar-refractivity contribution >= 4 is 23.5 Å². The number of hydrogen-bond donors (Lipinski definition) is 1. The lowest BCUT2D eigenvalue weighted by molar-refractivity contribution is -0.138. The predicted molar refractivity (Wildman–Crippen MR) is 141 cm³/mol. The van der Waals surface area contributed by atoms with Crippen molar-refractivity contribution in [3.05, 3.63) is 35.4 Å². The zero-order valence-electron chi connectivity index (χ0n) is 23.0. The van der Waals surface area contributed by atoms with E-state index in [1.165, 1.54) is 0 Å². The summed E-state index contributed by atoms with van der Waals surface area (Å²) in [6.07, 6.45) is 2.26. The second kappa shape index (κ2) is 11.1. The largest absolute Gasteiger partial charge is 0.340 e. The number of hydrogen-bond acceptors (Lipinski definition) is 4. The minimum atomic E-state index is -0.725. The summed E-state index contributed by atoms with van der Waals surface area (Å²) in [5.74, 6) is -0.0426. The van der Waals surface area contributed by atoms with Gasteiger partial charge in [0.05, 0.1) is 12.6 Å². The first-order valence-electron chi connectivity index (χ1n) is 13.3. The van der Waals surface area contributed by atoms with E-state index in [1.54, 1.807) is 21.9 Å². The number of ketones is 1. The van der Waals surface area contributed by atoms with Crippen LogP contribution in [0.2, 0.25) is 0 Å². The first-order valence-corrected chi connectivity index (χ1v) is 13.3. The van der Waals surface area contributed by atoms with Crippen molar-refractivity contribution in [3.8, 4) is 0 Å². The Labute approximate surface area is 216 Å². The minimum absolute atomic E-state index is 0.00964. The van der Waals surface area contributed by atoms with Gasteiger partial charge in [0, 0.05) is 18.5 Å². The highest BCUT2D eigenvalue weighted by Crippen LogP contribution is 2.31. The lowest BCUT2D eigenvalue weighted by atomic mass is 9.86. The molecule has 0 radical (unpaired) electrons. The van der Waals surface area contributed by atoms with E-state index >= 15 is 0 Å². The number of carbonyl (C=O) groups excluding carboxylic acids is 4. The van der Waals surface area contributed by atoms with Gasteiger partial charge in [-0.25, -0.2) is 0 Å². The molecule has 0 spiro atoms. The monoisotopic (exact) mass is 497 g/mol. The average Bonchev–Trinajstić information content (AvgIpc) is 3.37. The van der Waals surface area contributed by atoms with Gasteiger partial charge in [0.25, 0.3) is 5.91 Å². The van der Waals surface area contributed by atoms with Crippen molar-refractivity contribution in [3.63, 3.8) is 0 Å². The number of nitrogens with zero attached hydrogens (tertiary/aromatic N) is 2. The number of carbonyl (C=O) groups is 4. The second-order valence-electron chi connectivity index (χ2n) is 12.2. The Bertz CT molecular complexity index is 977. The fourth-order valence-electron chi connectivity index (χ4n) is 5.20. The molecular formula is C29H43N3O4. The van der Waals surface area contributed by atoms with Crippen molar-refractivity contribution < 1.29 is 19.2 Å². The first kappa shape index (κ1) is 27.9. The Morgan fingerprint density at radius 3 is 2.19 bits per heavy atom. The highest BCUT2D eigenvalue weighted by atomic mass is 16.2. The molecule has 3 rings (SSSR count). The zero-order valence-corrected chi connectivity index (χ0v) is 23.0. The summed E-state index contributed by atoms with van der Waals surface area (Å²) in [6.45, 7) is 15.0. The molecule has 7 nitrogen and oxygen atoms in total. The van der Waals surface area contributed by atoms with Gasteiger partial charge in [0.1, 0.15) is 12.1 Å². The molecule has 3 amide bonds. The van der Waals surface area contributed by atoms with Crippen LogP contribution in [0.5, 0.6) is 0 Å². The van der Waals surface area contributed by atoms with E-state index in [0.717, 1.165) is 12.0 Å². The molecule has 1 N–H and O–H groups in total. The van der Waals surface area contributed by atoms with Crippen LogP contribution in [-0.4, -0.2) is 64.5 Å². The van der Waals surface area contributed by atoms with Gasteiger partial charge in [-0.1, -0.05) is 60.6 Å². The van der Waals surface area contributed by atoms with Gasteiger partial charge in [0.15, 0.2) is 5.78 Å². The number of fused-ring (bicyclic) bond motifs is 1. The Morgan fingerprint density at radius 2 is 1.64 bits per heavy atom. The lowest BCUT2D eigenvalue weighted by Gasteiger charge is -2.29. The number of benzene rings is 1. The summed E-state index contributed by atoms with van der Waals surface area (Å²) in [5.41, 5.74) is 1.61. The molecule has 36 heavy (non-hydrogen) atoms. The summed E-state index contributed by atoms with van der Waals surface area (Å²) in [6, 6.07) is 5.87. The van der Waals surface area contributed by atoms with Crippen LogP contribution in [0.25, 0.3) is 0 Å². The Kier molecular flexibility index (Phi) is 8.63. The van der Waals surface area contributed by atoms with E-state index in [1.807, 2.05) is 26.0 Å². The molecule has 2 heterocycles. The number of likely N-dealkylation sites (tertiary alicyclic amines) is 2.